The third kappa shape index (κ3) is 5.78. The zero-order valence-corrected chi connectivity index (χ0v) is 14.0. The van der Waals surface area contributed by atoms with Gasteiger partial charge in [-0.15, -0.1) is 0 Å². The van der Waals surface area contributed by atoms with Gasteiger partial charge in [0, 0.05) is 17.1 Å². The molecule has 3 N–H and O–H groups in total. The molecule has 0 heterocycles. The molecule has 0 bridgehead atoms. The van der Waals surface area contributed by atoms with Gasteiger partial charge in [0.15, 0.2) is 0 Å². The Morgan fingerprint density at radius 3 is 2.48 bits per heavy atom. The Labute approximate surface area is 139 Å². The lowest BCUT2D eigenvalue weighted by Crippen LogP contribution is -2.45. The largest absolute Gasteiger partial charge is 0.368 e. The molecule has 2 rings (SSSR count). The second-order valence-corrected chi connectivity index (χ2v) is 7.60. The fraction of sp³-hybridized carbons (Fsp3) is 0.529. The molecule has 0 unspecified atom stereocenters. The number of nitrogens with one attached hydrogen (secondary N) is 1. The zero-order valence-electron chi connectivity index (χ0n) is 13.2. The van der Waals surface area contributed by atoms with Crippen LogP contribution in [0.4, 0.5) is 0 Å². The van der Waals surface area contributed by atoms with Gasteiger partial charge in [0.05, 0.1) is 10.8 Å². The van der Waals surface area contributed by atoms with Crippen LogP contribution in [0, 0.1) is 5.92 Å². The van der Waals surface area contributed by atoms with E-state index in [0.717, 1.165) is 12.8 Å². The van der Waals surface area contributed by atoms with E-state index in [1.807, 2.05) is 18.2 Å². The molecule has 1 aromatic rings. The Hall–Kier alpha value is -1.69. The van der Waals surface area contributed by atoms with Crippen LogP contribution in [0.15, 0.2) is 35.2 Å². The molecule has 2 atom stereocenters. The standard InChI is InChI=1S/C17H24N2O3S/c18-17(21)15(19-16(20)12-13-6-4-5-7-13)10-11-23(22)14-8-2-1-3-9-14/h1-3,8-9,13,15H,4-7,10-12H2,(H2,18,21)(H,19,20)/t15-,23+/m1/s1. The average Bonchev–Trinajstić information content (AvgIpc) is 3.04. The van der Waals surface area contributed by atoms with Crippen molar-refractivity contribution in [1.29, 1.82) is 0 Å². The highest BCUT2D eigenvalue weighted by Crippen LogP contribution is 2.27. The molecule has 1 fully saturated rings. The molecule has 1 saturated carbocycles. The Morgan fingerprint density at radius 2 is 1.87 bits per heavy atom. The molecule has 6 heteroatoms. The van der Waals surface area contributed by atoms with E-state index < -0.39 is 22.7 Å². The number of benzene rings is 1. The molecule has 0 spiro atoms. The van der Waals surface area contributed by atoms with Gasteiger partial charge in [0.2, 0.25) is 11.8 Å². The van der Waals surface area contributed by atoms with Gasteiger partial charge in [-0.3, -0.25) is 13.8 Å². The lowest BCUT2D eigenvalue weighted by atomic mass is 10.0. The Balaban J connectivity index is 1.82. The van der Waals surface area contributed by atoms with Crippen LogP contribution >= 0.6 is 0 Å². The number of hydrogen-bond donors (Lipinski definition) is 2. The summed E-state index contributed by atoms with van der Waals surface area (Å²) in [5.41, 5.74) is 5.37. The minimum absolute atomic E-state index is 0.133. The highest BCUT2D eigenvalue weighted by atomic mass is 32.2. The second-order valence-electron chi connectivity index (χ2n) is 6.03. The fourth-order valence-electron chi connectivity index (χ4n) is 2.93. The summed E-state index contributed by atoms with van der Waals surface area (Å²) in [7, 11) is -1.20. The van der Waals surface area contributed by atoms with Crippen molar-refractivity contribution in [3.05, 3.63) is 30.3 Å². The van der Waals surface area contributed by atoms with E-state index in [9.17, 15) is 13.8 Å². The molecule has 0 saturated heterocycles. The molecule has 5 nitrogen and oxygen atoms in total. The van der Waals surface area contributed by atoms with Gasteiger partial charge in [-0.25, -0.2) is 0 Å². The summed E-state index contributed by atoms with van der Waals surface area (Å²) in [5.74, 6) is 0.00410. The topological polar surface area (TPSA) is 89.3 Å². The molecular weight excluding hydrogens is 312 g/mol. The maximum absolute atomic E-state index is 12.2. The van der Waals surface area contributed by atoms with Crippen LogP contribution in [0.3, 0.4) is 0 Å². The van der Waals surface area contributed by atoms with E-state index in [4.69, 9.17) is 5.73 Å². The van der Waals surface area contributed by atoms with Gasteiger partial charge in [0.1, 0.15) is 6.04 Å². The highest BCUT2D eigenvalue weighted by Gasteiger charge is 2.23. The van der Waals surface area contributed by atoms with Gasteiger partial charge >= 0.3 is 0 Å². The first-order valence-electron chi connectivity index (χ1n) is 8.08. The van der Waals surface area contributed by atoms with Crippen molar-refractivity contribution in [2.24, 2.45) is 11.7 Å². The quantitative estimate of drug-likeness (QED) is 0.758. The van der Waals surface area contributed by atoms with Crippen molar-refractivity contribution < 1.29 is 13.8 Å². The highest BCUT2D eigenvalue weighted by molar-refractivity contribution is 7.85. The number of amides is 2. The number of carbonyl (C=O) groups is 2. The molecule has 1 aromatic carbocycles. The van der Waals surface area contributed by atoms with E-state index in [1.54, 1.807) is 12.1 Å². The molecule has 126 valence electrons. The van der Waals surface area contributed by atoms with E-state index in [0.29, 0.717) is 23.0 Å². The molecule has 1 aliphatic rings. The van der Waals surface area contributed by atoms with Gasteiger partial charge in [-0.05, 0) is 37.3 Å². The van der Waals surface area contributed by atoms with Gasteiger partial charge in [0.25, 0.3) is 0 Å². The first kappa shape index (κ1) is 17.7. The third-order valence-electron chi connectivity index (χ3n) is 4.23. The maximum atomic E-state index is 12.2. The molecule has 2 amide bonds. The van der Waals surface area contributed by atoms with Crippen molar-refractivity contribution in [3.63, 3.8) is 0 Å². The number of primary amides is 1. The predicted octanol–water partition coefficient (Wildman–Crippen LogP) is 1.73. The van der Waals surface area contributed by atoms with Gasteiger partial charge in [-0.1, -0.05) is 31.0 Å². The summed E-state index contributed by atoms with van der Waals surface area (Å²) >= 11 is 0. The summed E-state index contributed by atoms with van der Waals surface area (Å²) in [6.07, 6.45) is 5.23. The van der Waals surface area contributed by atoms with Crippen LogP contribution in [0.1, 0.15) is 38.5 Å². The zero-order chi connectivity index (χ0) is 16.7. The van der Waals surface area contributed by atoms with Crippen LogP contribution in [0.5, 0.6) is 0 Å². The maximum Gasteiger partial charge on any atom is 0.240 e. The summed E-state index contributed by atoms with van der Waals surface area (Å²) in [6, 6.07) is 8.32. The van der Waals surface area contributed by atoms with E-state index in [2.05, 4.69) is 5.32 Å². The normalized spacial score (nSPS) is 17.6. The molecule has 0 aliphatic heterocycles. The van der Waals surface area contributed by atoms with Crippen LogP contribution < -0.4 is 11.1 Å². The molecule has 1 aliphatic carbocycles. The minimum atomic E-state index is -1.20. The fourth-order valence-corrected chi connectivity index (χ4v) is 4.08. The van der Waals surface area contributed by atoms with Crippen molar-refractivity contribution in [2.45, 2.75) is 49.5 Å². The lowest BCUT2D eigenvalue weighted by Gasteiger charge is -2.17. The number of rotatable bonds is 8. The summed E-state index contributed by atoms with van der Waals surface area (Å²) in [4.78, 5) is 24.3. The van der Waals surface area contributed by atoms with Crippen molar-refractivity contribution in [1.82, 2.24) is 5.32 Å². The Morgan fingerprint density at radius 1 is 1.22 bits per heavy atom. The molecule has 23 heavy (non-hydrogen) atoms. The monoisotopic (exact) mass is 336 g/mol. The number of hydrogen-bond acceptors (Lipinski definition) is 3. The lowest BCUT2D eigenvalue weighted by molar-refractivity contribution is -0.127. The SMILES string of the molecule is NC(=O)[C@@H](CC[S@](=O)c1ccccc1)NC(=O)CC1CCCC1. The van der Waals surface area contributed by atoms with Crippen molar-refractivity contribution in [3.8, 4) is 0 Å². The third-order valence-corrected chi connectivity index (χ3v) is 5.63. The summed E-state index contributed by atoms with van der Waals surface area (Å²) in [5, 5.41) is 2.70. The Kier molecular flexibility index (Phi) is 6.77. The smallest absolute Gasteiger partial charge is 0.240 e. The number of carbonyl (C=O) groups excluding carboxylic acids is 2. The first-order valence-corrected chi connectivity index (χ1v) is 9.40. The summed E-state index contributed by atoms with van der Waals surface area (Å²) in [6.45, 7) is 0. The van der Waals surface area contributed by atoms with Crippen molar-refractivity contribution >= 4 is 22.6 Å². The van der Waals surface area contributed by atoms with Crippen LogP contribution in [-0.2, 0) is 20.4 Å². The Bertz CT molecular complexity index is 556. The first-order chi connectivity index (χ1) is 11.1. The summed E-state index contributed by atoms with van der Waals surface area (Å²) < 4.78 is 12.2. The van der Waals surface area contributed by atoms with E-state index in [1.165, 1.54) is 12.8 Å². The van der Waals surface area contributed by atoms with Crippen LogP contribution in [0.25, 0.3) is 0 Å². The second kappa shape index (κ2) is 8.82. The van der Waals surface area contributed by atoms with Crippen LogP contribution in [-0.4, -0.2) is 27.8 Å². The van der Waals surface area contributed by atoms with E-state index >= 15 is 0 Å². The minimum Gasteiger partial charge on any atom is -0.368 e. The average molecular weight is 336 g/mol. The molecule has 0 aromatic heterocycles. The predicted molar refractivity (Wildman–Crippen MR) is 90.0 cm³/mol. The van der Waals surface area contributed by atoms with Gasteiger partial charge < -0.3 is 11.1 Å². The number of nitrogens with two attached hydrogens (primary N) is 1. The molecule has 0 radical (unpaired) electrons. The van der Waals surface area contributed by atoms with Crippen molar-refractivity contribution in [2.75, 3.05) is 5.75 Å². The van der Waals surface area contributed by atoms with E-state index in [-0.39, 0.29) is 12.3 Å². The van der Waals surface area contributed by atoms with Gasteiger partial charge in [-0.2, -0.15) is 0 Å². The molecular formula is C17H24N2O3S. The van der Waals surface area contributed by atoms with Crippen LogP contribution in [0.2, 0.25) is 0 Å².